The summed E-state index contributed by atoms with van der Waals surface area (Å²) < 4.78 is 10.3. The van der Waals surface area contributed by atoms with E-state index in [-0.39, 0.29) is 5.97 Å². The molecule has 10 heavy (non-hydrogen) atoms. The van der Waals surface area contributed by atoms with E-state index < -0.39 is 9.28 Å². The Hall–Kier alpha value is -0.353. The third kappa shape index (κ3) is 2.49. The van der Waals surface area contributed by atoms with Gasteiger partial charge in [0.1, 0.15) is 0 Å². The fourth-order valence-electron chi connectivity index (χ4n) is 0.989. The lowest BCUT2D eigenvalue weighted by atomic mass is 10.4. The molecule has 4 heteroatoms. The zero-order valence-corrected chi connectivity index (χ0v) is 7.29. The van der Waals surface area contributed by atoms with Crippen LogP contribution in [0.2, 0.25) is 6.04 Å². The van der Waals surface area contributed by atoms with Crippen LogP contribution in [0.3, 0.4) is 0 Å². The van der Waals surface area contributed by atoms with Gasteiger partial charge in [0, 0.05) is 13.5 Å². The van der Waals surface area contributed by atoms with Gasteiger partial charge in [-0.15, -0.1) is 0 Å². The predicted octanol–water partition coefficient (Wildman–Crippen LogP) is 0.580. The molecule has 0 bridgehead atoms. The first-order chi connectivity index (χ1) is 4.79. The Balaban J connectivity index is 2.19. The second kappa shape index (κ2) is 3.73. The maximum Gasteiger partial charge on any atom is 0.385 e. The van der Waals surface area contributed by atoms with Crippen molar-refractivity contribution in [1.29, 1.82) is 0 Å². The van der Waals surface area contributed by atoms with Crippen molar-refractivity contribution in [3.63, 3.8) is 0 Å². The minimum Gasteiger partial charge on any atom is -0.497 e. The SMILES string of the molecule is CC(=O)O[SiH]1CCCCO1. The van der Waals surface area contributed by atoms with Gasteiger partial charge in [-0.05, 0) is 18.9 Å². The Morgan fingerprint density at radius 1 is 1.60 bits per heavy atom. The van der Waals surface area contributed by atoms with Crippen molar-refractivity contribution in [3.8, 4) is 0 Å². The molecule has 1 heterocycles. The number of carbonyl (C=O) groups is 1. The molecule has 0 amide bonds. The average Bonchev–Trinajstić information content (AvgIpc) is 1.88. The second-order valence-electron chi connectivity index (χ2n) is 2.41. The van der Waals surface area contributed by atoms with Crippen LogP contribution in [0.5, 0.6) is 0 Å². The van der Waals surface area contributed by atoms with Crippen molar-refractivity contribution in [2.75, 3.05) is 6.61 Å². The third-order valence-corrected chi connectivity index (χ3v) is 3.52. The number of carbonyl (C=O) groups excluding carboxylic acids is 1. The van der Waals surface area contributed by atoms with Crippen LogP contribution in [-0.2, 0) is 13.6 Å². The van der Waals surface area contributed by atoms with E-state index in [1.807, 2.05) is 0 Å². The Kier molecular flexibility index (Phi) is 2.89. The van der Waals surface area contributed by atoms with Crippen molar-refractivity contribution < 1.29 is 13.6 Å². The highest BCUT2D eigenvalue weighted by Crippen LogP contribution is 2.11. The normalized spacial score (nSPS) is 25.9. The minimum absolute atomic E-state index is 0.196. The molecule has 1 atom stereocenters. The zero-order valence-electron chi connectivity index (χ0n) is 6.13. The van der Waals surface area contributed by atoms with Crippen LogP contribution in [0.15, 0.2) is 0 Å². The van der Waals surface area contributed by atoms with E-state index in [0.29, 0.717) is 0 Å². The number of hydrogen-bond acceptors (Lipinski definition) is 3. The van der Waals surface area contributed by atoms with Gasteiger partial charge in [0.15, 0.2) is 0 Å². The number of hydrogen-bond donors (Lipinski definition) is 0. The standard InChI is InChI=1S/C6H12O3Si/c1-6(7)9-10-5-3-2-4-8-10/h10H,2-5H2,1H3. The summed E-state index contributed by atoms with van der Waals surface area (Å²) in [4.78, 5) is 10.4. The molecule has 0 aromatic carbocycles. The highest BCUT2D eigenvalue weighted by molar-refractivity contribution is 6.46. The molecule has 0 aromatic rings. The van der Waals surface area contributed by atoms with E-state index in [1.54, 1.807) is 0 Å². The second-order valence-corrected chi connectivity index (χ2v) is 4.41. The van der Waals surface area contributed by atoms with E-state index in [1.165, 1.54) is 6.92 Å². The minimum atomic E-state index is -1.53. The van der Waals surface area contributed by atoms with Crippen molar-refractivity contribution in [3.05, 3.63) is 0 Å². The van der Waals surface area contributed by atoms with E-state index in [9.17, 15) is 4.79 Å². The van der Waals surface area contributed by atoms with Gasteiger partial charge in [-0.3, -0.25) is 4.79 Å². The highest BCUT2D eigenvalue weighted by Gasteiger charge is 2.19. The van der Waals surface area contributed by atoms with Gasteiger partial charge >= 0.3 is 9.28 Å². The molecule has 1 rings (SSSR count). The van der Waals surface area contributed by atoms with Crippen molar-refractivity contribution in [2.45, 2.75) is 25.8 Å². The van der Waals surface area contributed by atoms with Crippen molar-refractivity contribution in [2.24, 2.45) is 0 Å². The first-order valence-electron chi connectivity index (χ1n) is 3.58. The first-order valence-corrected chi connectivity index (χ1v) is 5.34. The van der Waals surface area contributed by atoms with Gasteiger partial charge in [-0.25, -0.2) is 0 Å². The van der Waals surface area contributed by atoms with Gasteiger partial charge in [0.25, 0.3) is 5.97 Å². The topological polar surface area (TPSA) is 35.5 Å². The van der Waals surface area contributed by atoms with E-state index in [4.69, 9.17) is 8.85 Å². The summed E-state index contributed by atoms with van der Waals surface area (Å²) in [5.74, 6) is -0.196. The van der Waals surface area contributed by atoms with Crippen LogP contribution in [-0.4, -0.2) is 21.9 Å². The Bertz CT molecular complexity index is 120. The van der Waals surface area contributed by atoms with Crippen LogP contribution in [0.1, 0.15) is 19.8 Å². The molecule has 0 N–H and O–H groups in total. The lowest BCUT2D eigenvalue weighted by Crippen LogP contribution is -2.28. The molecule has 1 unspecified atom stereocenters. The van der Waals surface area contributed by atoms with Gasteiger partial charge in [0.05, 0.1) is 0 Å². The summed E-state index contributed by atoms with van der Waals surface area (Å²) in [6, 6.07) is 0.986. The third-order valence-electron chi connectivity index (χ3n) is 1.44. The molecule has 1 fully saturated rings. The zero-order chi connectivity index (χ0) is 7.40. The maximum atomic E-state index is 10.4. The molecule has 0 spiro atoms. The molecule has 0 aromatic heterocycles. The molecule has 1 aliphatic rings. The molecule has 0 aliphatic carbocycles. The van der Waals surface area contributed by atoms with E-state index in [2.05, 4.69) is 0 Å². The van der Waals surface area contributed by atoms with Gasteiger partial charge in [0.2, 0.25) is 0 Å². The first kappa shape index (κ1) is 7.75. The maximum absolute atomic E-state index is 10.4. The van der Waals surface area contributed by atoms with E-state index in [0.717, 1.165) is 25.5 Å². The van der Waals surface area contributed by atoms with Crippen LogP contribution in [0, 0.1) is 0 Å². The van der Waals surface area contributed by atoms with Crippen LogP contribution >= 0.6 is 0 Å². The molecule has 58 valence electrons. The van der Waals surface area contributed by atoms with Crippen molar-refractivity contribution in [1.82, 2.24) is 0 Å². The fourth-order valence-corrected chi connectivity index (χ4v) is 2.76. The quantitative estimate of drug-likeness (QED) is 0.526. The van der Waals surface area contributed by atoms with E-state index >= 15 is 0 Å². The largest absolute Gasteiger partial charge is 0.497 e. The summed E-state index contributed by atoms with van der Waals surface area (Å²) in [6.07, 6.45) is 2.27. The lowest BCUT2D eigenvalue weighted by molar-refractivity contribution is -0.133. The number of rotatable bonds is 1. The Labute approximate surface area is 62.2 Å². The summed E-state index contributed by atoms with van der Waals surface area (Å²) in [6.45, 7) is 2.22. The monoisotopic (exact) mass is 160 g/mol. The van der Waals surface area contributed by atoms with Gasteiger partial charge in [-0.2, -0.15) is 0 Å². The Morgan fingerprint density at radius 2 is 2.40 bits per heavy atom. The van der Waals surface area contributed by atoms with Crippen molar-refractivity contribution >= 4 is 15.3 Å². The summed E-state index contributed by atoms with van der Waals surface area (Å²) in [7, 11) is -1.53. The molecular weight excluding hydrogens is 148 g/mol. The van der Waals surface area contributed by atoms with Gasteiger partial charge in [-0.1, -0.05) is 0 Å². The summed E-state index contributed by atoms with van der Waals surface area (Å²) in [5, 5.41) is 0. The molecular formula is C6H12O3Si. The van der Waals surface area contributed by atoms with Crippen LogP contribution in [0.4, 0.5) is 0 Å². The van der Waals surface area contributed by atoms with Gasteiger partial charge < -0.3 is 8.85 Å². The summed E-state index contributed by atoms with van der Waals surface area (Å²) >= 11 is 0. The average molecular weight is 160 g/mol. The molecule has 0 saturated carbocycles. The fraction of sp³-hybridized carbons (Fsp3) is 0.833. The smallest absolute Gasteiger partial charge is 0.385 e. The predicted molar refractivity (Wildman–Crippen MR) is 38.9 cm³/mol. The molecule has 1 saturated heterocycles. The van der Waals surface area contributed by atoms with Crippen LogP contribution in [0.25, 0.3) is 0 Å². The summed E-state index contributed by atoms with van der Waals surface area (Å²) in [5.41, 5.74) is 0. The molecule has 0 radical (unpaired) electrons. The Morgan fingerprint density at radius 3 is 2.90 bits per heavy atom. The molecule has 1 aliphatic heterocycles. The lowest BCUT2D eigenvalue weighted by Gasteiger charge is -2.19. The highest BCUT2D eigenvalue weighted by atomic mass is 28.3. The van der Waals surface area contributed by atoms with Crippen LogP contribution < -0.4 is 0 Å². The molecule has 3 nitrogen and oxygen atoms in total.